The Morgan fingerprint density at radius 2 is 1.88 bits per heavy atom. The molecule has 144 valence electrons. The molecule has 2 fully saturated rings. The fourth-order valence-electron chi connectivity index (χ4n) is 3.51. The summed E-state index contributed by atoms with van der Waals surface area (Å²) in [6, 6.07) is 6.82. The number of nitrogens with one attached hydrogen (secondary N) is 1. The van der Waals surface area contributed by atoms with Crippen LogP contribution in [0, 0.1) is 5.92 Å². The first-order valence-corrected chi connectivity index (χ1v) is 10.6. The molecule has 0 spiro atoms. The molecule has 1 heterocycles. The highest BCUT2D eigenvalue weighted by Crippen LogP contribution is 2.23. The van der Waals surface area contributed by atoms with E-state index in [0.29, 0.717) is 32.8 Å². The Kier molecular flexibility index (Phi) is 6.29. The van der Waals surface area contributed by atoms with Gasteiger partial charge in [0.2, 0.25) is 15.9 Å². The predicted octanol–water partition coefficient (Wildman–Crippen LogP) is 0.841. The molecule has 1 aliphatic carbocycles. The molecule has 0 radical (unpaired) electrons. The van der Waals surface area contributed by atoms with Gasteiger partial charge in [-0.25, -0.2) is 8.42 Å². The lowest BCUT2D eigenvalue weighted by molar-refractivity contribution is -0.126. The molecule has 1 aromatic rings. The van der Waals surface area contributed by atoms with Crippen molar-refractivity contribution < 1.29 is 17.9 Å². The molecule has 8 heteroatoms. The first-order chi connectivity index (χ1) is 12.5. The maximum atomic E-state index is 12.6. The van der Waals surface area contributed by atoms with Crippen molar-refractivity contribution >= 4 is 15.9 Å². The van der Waals surface area contributed by atoms with Crippen LogP contribution in [0.1, 0.15) is 31.2 Å². The van der Waals surface area contributed by atoms with Crippen molar-refractivity contribution in [3.63, 3.8) is 0 Å². The molecule has 2 atom stereocenters. The Hall–Kier alpha value is -1.48. The van der Waals surface area contributed by atoms with Crippen LogP contribution in [0.4, 0.5) is 0 Å². The standard InChI is InChI=1S/C18H27N3O4S/c19-16-3-1-2-15(12-16)18(22)20-13-14-4-6-17(7-5-14)26(23,24)21-8-10-25-11-9-21/h4-7,15-16H,1-3,8-13,19H2,(H,20,22). The Morgan fingerprint density at radius 1 is 1.19 bits per heavy atom. The van der Waals surface area contributed by atoms with Gasteiger partial charge in [-0.1, -0.05) is 18.6 Å². The van der Waals surface area contributed by atoms with Crippen LogP contribution in [0.15, 0.2) is 29.2 Å². The second-order valence-corrected chi connectivity index (χ2v) is 8.94. The van der Waals surface area contributed by atoms with Crippen LogP contribution >= 0.6 is 0 Å². The molecule has 26 heavy (non-hydrogen) atoms. The van der Waals surface area contributed by atoms with Crippen molar-refractivity contribution in [2.45, 2.75) is 43.2 Å². The predicted molar refractivity (Wildman–Crippen MR) is 97.8 cm³/mol. The third-order valence-corrected chi connectivity index (χ3v) is 7.00. The van der Waals surface area contributed by atoms with Crippen molar-refractivity contribution in [2.24, 2.45) is 11.7 Å². The van der Waals surface area contributed by atoms with E-state index in [9.17, 15) is 13.2 Å². The van der Waals surface area contributed by atoms with Crippen LogP contribution in [0.5, 0.6) is 0 Å². The van der Waals surface area contributed by atoms with E-state index in [1.807, 2.05) is 0 Å². The molecule has 2 aliphatic rings. The molecule has 1 amide bonds. The fourth-order valence-corrected chi connectivity index (χ4v) is 4.92. The molecule has 7 nitrogen and oxygen atoms in total. The number of hydrogen-bond acceptors (Lipinski definition) is 5. The molecule has 0 bridgehead atoms. The van der Waals surface area contributed by atoms with E-state index < -0.39 is 10.0 Å². The summed E-state index contributed by atoms with van der Waals surface area (Å²) in [5.74, 6) is 0.0184. The number of hydrogen-bond donors (Lipinski definition) is 2. The lowest BCUT2D eigenvalue weighted by atomic mass is 9.85. The van der Waals surface area contributed by atoms with Crippen molar-refractivity contribution in [1.82, 2.24) is 9.62 Å². The van der Waals surface area contributed by atoms with Crippen LogP contribution in [-0.4, -0.2) is 51.0 Å². The molecular weight excluding hydrogens is 354 g/mol. The summed E-state index contributed by atoms with van der Waals surface area (Å²) in [6.07, 6.45) is 3.61. The van der Waals surface area contributed by atoms with Gasteiger partial charge in [0.15, 0.2) is 0 Å². The van der Waals surface area contributed by atoms with E-state index in [0.717, 1.165) is 31.2 Å². The number of carbonyl (C=O) groups is 1. The average Bonchev–Trinajstić information content (AvgIpc) is 2.67. The van der Waals surface area contributed by atoms with Gasteiger partial charge >= 0.3 is 0 Å². The van der Waals surface area contributed by atoms with Gasteiger partial charge in [-0.05, 0) is 37.0 Å². The minimum Gasteiger partial charge on any atom is -0.379 e. The largest absolute Gasteiger partial charge is 0.379 e. The summed E-state index contributed by atoms with van der Waals surface area (Å²) in [5.41, 5.74) is 6.81. The maximum Gasteiger partial charge on any atom is 0.243 e. The lowest BCUT2D eigenvalue weighted by Gasteiger charge is -2.26. The minimum absolute atomic E-state index is 0.0141. The number of benzene rings is 1. The van der Waals surface area contributed by atoms with Crippen LogP contribution in [0.2, 0.25) is 0 Å². The molecule has 2 unspecified atom stereocenters. The number of morpholine rings is 1. The van der Waals surface area contributed by atoms with Gasteiger partial charge in [0, 0.05) is 31.6 Å². The number of ether oxygens (including phenoxy) is 1. The van der Waals surface area contributed by atoms with E-state index >= 15 is 0 Å². The maximum absolute atomic E-state index is 12.6. The summed E-state index contributed by atoms with van der Waals surface area (Å²) < 4.78 is 31.8. The summed E-state index contributed by atoms with van der Waals surface area (Å²) in [5, 5.41) is 2.94. The molecular formula is C18H27N3O4S. The number of carbonyl (C=O) groups excluding carboxylic acids is 1. The third kappa shape index (κ3) is 4.62. The molecule has 1 aromatic carbocycles. The summed E-state index contributed by atoms with van der Waals surface area (Å²) in [7, 11) is -3.48. The van der Waals surface area contributed by atoms with Gasteiger partial charge in [0.1, 0.15) is 0 Å². The van der Waals surface area contributed by atoms with Gasteiger partial charge in [0.05, 0.1) is 18.1 Å². The highest BCUT2D eigenvalue weighted by Gasteiger charge is 2.27. The Bertz CT molecular complexity index is 714. The zero-order chi connectivity index (χ0) is 18.6. The number of rotatable bonds is 5. The Morgan fingerprint density at radius 3 is 2.54 bits per heavy atom. The van der Waals surface area contributed by atoms with E-state index in [-0.39, 0.29) is 22.8 Å². The van der Waals surface area contributed by atoms with Gasteiger partial charge in [-0.3, -0.25) is 4.79 Å². The summed E-state index contributed by atoms with van der Waals surface area (Å²) in [4.78, 5) is 12.5. The Labute approximate surface area is 154 Å². The van der Waals surface area contributed by atoms with E-state index in [2.05, 4.69) is 5.32 Å². The molecule has 1 aliphatic heterocycles. The normalized spacial score (nSPS) is 25.0. The SMILES string of the molecule is NC1CCCC(C(=O)NCc2ccc(S(=O)(=O)N3CCOCC3)cc2)C1. The first-order valence-electron chi connectivity index (χ1n) is 9.17. The van der Waals surface area contributed by atoms with E-state index in [4.69, 9.17) is 10.5 Å². The summed E-state index contributed by atoms with van der Waals surface area (Å²) in [6.45, 7) is 2.00. The van der Waals surface area contributed by atoms with Gasteiger partial charge in [-0.2, -0.15) is 4.31 Å². The molecule has 1 saturated carbocycles. The number of amides is 1. The number of nitrogens with two attached hydrogens (primary N) is 1. The highest BCUT2D eigenvalue weighted by atomic mass is 32.2. The average molecular weight is 381 g/mol. The van der Waals surface area contributed by atoms with Crippen LogP contribution in [0.3, 0.4) is 0 Å². The number of nitrogens with zero attached hydrogens (tertiary/aromatic N) is 1. The summed E-state index contributed by atoms with van der Waals surface area (Å²) >= 11 is 0. The van der Waals surface area contributed by atoms with Crippen LogP contribution in [-0.2, 0) is 26.1 Å². The number of sulfonamides is 1. The van der Waals surface area contributed by atoms with E-state index in [1.54, 1.807) is 24.3 Å². The fraction of sp³-hybridized carbons (Fsp3) is 0.611. The highest BCUT2D eigenvalue weighted by molar-refractivity contribution is 7.89. The second-order valence-electron chi connectivity index (χ2n) is 7.00. The molecule has 0 aromatic heterocycles. The van der Waals surface area contributed by atoms with Gasteiger partial charge in [0.25, 0.3) is 0 Å². The topological polar surface area (TPSA) is 102 Å². The van der Waals surface area contributed by atoms with E-state index in [1.165, 1.54) is 4.31 Å². The quantitative estimate of drug-likeness (QED) is 0.787. The van der Waals surface area contributed by atoms with Crippen molar-refractivity contribution in [3.05, 3.63) is 29.8 Å². The van der Waals surface area contributed by atoms with Gasteiger partial charge in [-0.15, -0.1) is 0 Å². The van der Waals surface area contributed by atoms with Gasteiger partial charge < -0.3 is 15.8 Å². The first kappa shape index (κ1) is 19.3. The molecule has 3 N–H and O–H groups in total. The van der Waals surface area contributed by atoms with Crippen LogP contribution in [0.25, 0.3) is 0 Å². The Balaban J connectivity index is 1.56. The zero-order valence-corrected chi connectivity index (χ0v) is 15.7. The van der Waals surface area contributed by atoms with Crippen LogP contribution < -0.4 is 11.1 Å². The minimum atomic E-state index is -3.48. The second kappa shape index (κ2) is 8.47. The van der Waals surface area contributed by atoms with Crippen molar-refractivity contribution in [3.8, 4) is 0 Å². The van der Waals surface area contributed by atoms with Crippen molar-refractivity contribution in [2.75, 3.05) is 26.3 Å². The smallest absolute Gasteiger partial charge is 0.243 e. The monoisotopic (exact) mass is 381 g/mol. The molecule has 1 saturated heterocycles. The van der Waals surface area contributed by atoms with Crippen molar-refractivity contribution in [1.29, 1.82) is 0 Å². The lowest BCUT2D eigenvalue weighted by Crippen LogP contribution is -2.40. The third-order valence-electron chi connectivity index (χ3n) is 5.08. The zero-order valence-electron chi connectivity index (χ0n) is 14.9. The molecule has 3 rings (SSSR count).